The molecule has 110 valence electrons. The molecule has 21 heavy (non-hydrogen) atoms. The van der Waals surface area contributed by atoms with Crippen molar-refractivity contribution in [1.29, 1.82) is 0 Å². The summed E-state index contributed by atoms with van der Waals surface area (Å²) in [7, 11) is 0. The number of aromatic nitrogens is 2. The Kier molecular flexibility index (Phi) is 3.75. The van der Waals surface area contributed by atoms with Gasteiger partial charge in [0.2, 0.25) is 5.95 Å². The van der Waals surface area contributed by atoms with Gasteiger partial charge in [-0.05, 0) is 25.0 Å². The van der Waals surface area contributed by atoms with E-state index >= 15 is 0 Å². The lowest BCUT2D eigenvalue weighted by Gasteiger charge is -2.24. The van der Waals surface area contributed by atoms with Gasteiger partial charge in [0.1, 0.15) is 11.4 Å². The zero-order valence-corrected chi connectivity index (χ0v) is 12.2. The first-order chi connectivity index (χ1) is 10.2. The maximum atomic E-state index is 10.9. The van der Waals surface area contributed by atoms with Gasteiger partial charge in [-0.1, -0.05) is 30.3 Å². The van der Waals surface area contributed by atoms with Gasteiger partial charge in [-0.25, -0.2) is 4.98 Å². The molecule has 1 aliphatic heterocycles. The first kappa shape index (κ1) is 13.8. The van der Waals surface area contributed by atoms with E-state index in [0.717, 1.165) is 24.5 Å². The molecule has 5 nitrogen and oxygen atoms in total. The maximum Gasteiger partial charge on any atom is 0.227 e. The van der Waals surface area contributed by atoms with Crippen molar-refractivity contribution in [3.05, 3.63) is 48.2 Å². The molecule has 3 rings (SSSR count). The number of nitrogens with zero attached hydrogens (tertiary/aromatic N) is 3. The molecule has 0 radical (unpaired) electrons. The number of hydrogen-bond donors (Lipinski definition) is 2. The fraction of sp³-hybridized carbons (Fsp3) is 0.375. The molecule has 5 heteroatoms. The summed E-state index contributed by atoms with van der Waals surface area (Å²) < 4.78 is 0. The first-order valence-corrected chi connectivity index (χ1v) is 7.31. The third kappa shape index (κ3) is 2.83. The third-order valence-electron chi connectivity index (χ3n) is 3.84. The summed E-state index contributed by atoms with van der Waals surface area (Å²) in [4.78, 5) is 10.9. The quantitative estimate of drug-likeness (QED) is 0.899. The predicted octanol–water partition coefficient (Wildman–Crippen LogP) is 2.01. The molecule has 1 aromatic heterocycles. The van der Waals surface area contributed by atoms with Crippen molar-refractivity contribution in [3.8, 4) is 0 Å². The van der Waals surface area contributed by atoms with Crippen molar-refractivity contribution < 1.29 is 5.11 Å². The molecular formula is C16H20N4O. The Morgan fingerprint density at radius 1 is 1.29 bits per heavy atom. The van der Waals surface area contributed by atoms with Crippen LogP contribution in [0.1, 0.15) is 18.9 Å². The Bertz CT molecular complexity index is 604. The summed E-state index contributed by atoms with van der Waals surface area (Å²) >= 11 is 0. The molecule has 1 aromatic carbocycles. The van der Waals surface area contributed by atoms with Gasteiger partial charge in [-0.15, -0.1) is 0 Å². The van der Waals surface area contributed by atoms with Gasteiger partial charge >= 0.3 is 0 Å². The highest BCUT2D eigenvalue weighted by molar-refractivity contribution is 5.43. The molecular weight excluding hydrogens is 264 g/mol. The highest BCUT2D eigenvalue weighted by Crippen LogP contribution is 2.33. The van der Waals surface area contributed by atoms with E-state index in [1.165, 1.54) is 0 Å². The molecule has 1 atom stereocenters. The van der Waals surface area contributed by atoms with Crippen molar-refractivity contribution in [2.75, 3.05) is 29.9 Å². The Labute approximate surface area is 124 Å². The van der Waals surface area contributed by atoms with Gasteiger partial charge in [0, 0.05) is 19.3 Å². The zero-order chi connectivity index (χ0) is 14.7. The van der Waals surface area contributed by atoms with Crippen LogP contribution in [0, 0.1) is 0 Å². The summed E-state index contributed by atoms with van der Waals surface area (Å²) in [6.07, 6.45) is 2.44. The average molecular weight is 284 g/mol. The standard InChI is InChI=1S/C16H20N4O/c1-2-17-14-8-10-18-15(19-14)20-11-9-16(21,12-20)13-6-4-3-5-7-13/h3-8,10,21H,2,9,11-12H2,1H3,(H,17,18,19)/t16-/m0/s1. The van der Waals surface area contributed by atoms with E-state index < -0.39 is 5.60 Å². The third-order valence-corrected chi connectivity index (χ3v) is 3.84. The fourth-order valence-electron chi connectivity index (χ4n) is 2.73. The highest BCUT2D eigenvalue weighted by Gasteiger charge is 2.38. The smallest absolute Gasteiger partial charge is 0.227 e. The van der Waals surface area contributed by atoms with E-state index in [2.05, 4.69) is 15.3 Å². The van der Waals surface area contributed by atoms with Crippen molar-refractivity contribution in [2.24, 2.45) is 0 Å². The normalized spacial score (nSPS) is 21.5. The molecule has 2 N–H and O–H groups in total. The SMILES string of the molecule is CCNc1ccnc(N2CC[C@@](O)(c3ccccc3)C2)n1. The summed E-state index contributed by atoms with van der Waals surface area (Å²) in [5.41, 5.74) is 0.133. The molecule has 0 unspecified atom stereocenters. The van der Waals surface area contributed by atoms with Crippen LogP contribution in [0.3, 0.4) is 0 Å². The van der Waals surface area contributed by atoms with Crippen LogP contribution in [-0.4, -0.2) is 34.7 Å². The van der Waals surface area contributed by atoms with Crippen LogP contribution in [0.15, 0.2) is 42.6 Å². The summed E-state index contributed by atoms with van der Waals surface area (Å²) in [6.45, 7) is 4.13. The number of rotatable bonds is 4. The second-order valence-electron chi connectivity index (χ2n) is 5.34. The second-order valence-corrected chi connectivity index (χ2v) is 5.34. The molecule has 0 amide bonds. The Hall–Kier alpha value is -2.14. The van der Waals surface area contributed by atoms with Gasteiger partial charge in [0.15, 0.2) is 0 Å². The average Bonchev–Trinajstić information content (AvgIpc) is 2.93. The minimum absolute atomic E-state index is 0.520. The lowest BCUT2D eigenvalue weighted by molar-refractivity contribution is 0.0606. The van der Waals surface area contributed by atoms with Crippen molar-refractivity contribution >= 4 is 11.8 Å². The lowest BCUT2D eigenvalue weighted by atomic mass is 9.93. The van der Waals surface area contributed by atoms with Crippen LogP contribution in [0.2, 0.25) is 0 Å². The fourth-order valence-corrected chi connectivity index (χ4v) is 2.73. The first-order valence-electron chi connectivity index (χ1n) is 7.31. The minimum atomic E-state index is -0.821. The molecule has 1 fully saturated rings. The van der Waals surface area contributed by atoms with Crippen LogP contribution < -0.4 is 10.2 Å². The minimum Gasteiger partial charge on any atom is -0.383 e. The molecule has 2 aromatic rings. The van der Waals surface area contributed by atoms with E-state index in [4.69, 9.17) is 0 Å². The van der Waals surface area contributed by atoms with E-state index in [1.54, 1.807) is 6.20 Å². The van der Waals surface area contributed by atoms with Gasteiger partial charge < -0.3 is 15.3 Å². The molecule has 1 saturated heterocycles. The topological polar surface area (TPSA) is 61.3 Å². The van der Waals surface area contributed by atoms with E-state index in [0.29, 0.717) is 18.9 Å². The van der Waals surface area contributed by atoms with Gasteiger partial charge in [0.25, 0.3) is 0 Å². The Morgan fingerprint density at radius 3 is 2.86 bits per heavy atom. The molecule has 2 heterocycles. The van der Waals surface area contributed by atoms with Crippen LogP contribution in [0.5, 0.6) is 0 Å². The molecule has 0 spiro atoms. The summed E-state index contributed by atoms with van der Waals surface area (Å²) in [5, 5.41) is 14.0. The highest BCUT2D eigenvalue weighted by atomic mass is 16.3. The van der Waals surface area contributed by atoms with Crippen LogP contribution in [0.4, 0.5) is 11.8 Å². The van der Waals surface area contributed by atoms with Gasteiger partial charge in [-0.2, -0.15) is 4.98 Å². The maximum absolute atomic E-state index is 10.9. The number of aliphatic hydroxyl groups is 1. The Balaban J connectivity index is 1.79. The number of benzene rings is 1. The monoisotopic (exact) mass is 284 g/mol. The zero-order valence-electron chi connectivity index (χ0n) is 12.2. The molecule has 1 aliphatic rings. The number of hydrogen-bond acceptors (Lipinski definition) is 5. The van der Waals surface area contributed by atoms with Crippen LogP contribution >= 0.6 is 0 Å². The van der Waals surface area contributed by atoms with Crippen molar-refractivity contribution in [2.45, 2.75) is 18.9 Å². The van der Waals surface area contributed by atoms with Crippen LogP contribution in [-0.2, 0) is 5.60 Å². The second kappa shape index (κ2) is 5.69. The summed E-state index contributed by atoms with van der Waals surface area (Å²) in [6, 6.07) is 11.7. The number of anilines is 2. The number of β-amino-alcohol motifs (C(OH)–C–C–N with tert-alkyl or cyclic N) is 1. The molecule has 0 aliphatic carbocycles. The molecule has 0 bridgehead atoms. The van der Waals surface area contributed by atoms with E-state index in [9.17, 15) is 5.11 Å². The predicted molar refractivity (Wildman–Crippen MR) is 83.4 cm³/mol. The number of nitrogens with one attached hydrogen (secondary N) is 1. The van der Waals surface area contributed by atoms with Crippen molar-refractivity contribution in [3.63, 3.8) is 0 Å². The largest absolute Gasteiger partial charge is 0.383 e. The van der Waals surface area contributed by atoms with E-state index in [1.807, 2.05) is 48.2 Å². The van der Waals surface area contributed by atoms with Crippen molar-refractivity contribution in [1.82, 2.24) is 9.97 Å². The molecule has 0 saturated carbocycles. The lowest BCUT2D eigenvalue weighted by Crippen LogP contribution is -2.31. The van der Waals surface area contributed by atoms with Gasteiger partial charge in [-0.3, -0.25) is 0 Å². The summed E-state index contributed by atoms with van der Waals surface area (Å²) in [5.74, 6) is 1.48. The Morgan fingerprint density at radius 2 is 2.10 bits per heavy atom. The van der Waals surface area contributed by atoms with Gasteiger partial charge in [0.05, 0.1) is 6.54 Å². The van der Waals surface area contributed by atoms with E-state index in [-0.39, 0.29) is 0 Å². The van der Waals surface area contributed by atoms with Crippen LogP contribution in [0.25, 0.3) is 0 Å².